The van der Waals surface area contributed by atoms with Gasteiger partial charge in [-0.05, 0) is 61.7 Å². The fourth-order valence-electron chi connectivity index (χ4n) is 3.39. The van der Waals surface area contributed by atoms with E-state index < -0.39 is 22.0 Å². The highest BCUT2D eigenvalue weighted by Crippen LogP contribution is 2.29. The molecule has 1 unspecified atom stereocenters. The third-order valence-corrected chi connectivity index (χ3v) is 6.73. The van der Waals surface area contributed by atoms with Crippen molar-refractivity contribution in [3.05, 3.63) is 82.9 Å². The highest BCUT2D eigenvalue weighted by molar-refractivity contribution is 7.89. The fraction of sp³-hybridized carbons (Fsp3) is 0.240. The van der Waals surface area contributed by atoms with Crippen LogP contribution in [0.4, 0.5) is 5.69 Å². The Morgan fingerprint density at radius 1 is 1.03 bits per heavy atom. The number of carbonyl (C=O) groups is 1. The summed E-state index contributed by atoms with van der Waals surface area (Å²) in [6.07, 6.45) is 0.130. The van der Waals surface area contributed by atoms with E-state index in [1.165, 1.54) is 19.2 Å². The Kier molecular flexibility index (Phi) is 8.55. The van der Waals surface area contributed by atoms with Crippen LogP contribution < -0.4 is 19.5 Å². The van der Waals surface area contributed by atoms with E-state index in [0.717, 1.165) is 11.1 Å². The SMILES string of the molecule is CCOc1ccc(Cl)cc1S(=O)(=O)NC(Cc1ccccc1)C(=O)Nc1cc(C)ccc1OC. The number of halogens is 1. The first-order valence-electron chi connectivity index (χ1n) is 10.7. The molecule has 0 saturated heterocycles. The Hall–Kier alpha value is -3.07. The van der Waals surface area contributed by atoms with Gasteiger partial charge in [0.25, 0.3) is 0 Å². The quantitative estimate of drug-likeness (QED) is 0.423. The topological polar surface area (TPSA) is 93.7 Å². The molecule has 7 nitrogen and oxygen atoms in total. The molecule has 9 heteroatoms. The van der Waals surface area contributed by atoms with Crippen molar-refractivity contribution in [1.29, 1.82) is 0 Å². The van der Waals surface area contributed by atoms with E-state index >= 15 is 0 Å². The lowest BCUT2D eigenvalue weighted by Crippen LogP contribution is -2.45. The van der Waals surface area contributed by atoms with E-state index in [1.807, 2.05) is 43.3 Å². The van der Waals surface area contributed by atoms with Gasteiger partial charge in [-0.3, -0.25) is 4.79 Å². The third-order valence-electron chi connectivity index (χ3n) is 5.00. The minimum absolute atomic E-state index is 0.130. The first-order chi connectivity index (χ1) is 16.2. The summed E-state index contributed by atoms with van der Waals surface area (Å²) in [5.74, 6) is 0.0867. The summed E-state index contributed by atoms with van der Waals surface area (Å²) >= 11 is 6.07. The second kappa shape index (κ2) is 11.4. The van der Waals surface area contributed by atoms with Crippen molar-refractivity contribution in [2.24, 2.45) is 0 Å². The smallest absolute Gasteiger partial charge is 0.245 e. The number of amides is 1. The molecule has 1 atom stereocenters. The van der Waals surface area contributed by atoms with Gasteiger partial charge in [0.05, 0.1) is 19.4 Å². The van der Waals surface area contributed by atoms with Gasteiger partial charge in [0.1, 0.15) is 22.4 Å². The van der Waals surface area contributed by atoms with Gasteiger partial charge in [-0.1, -0.05) is 48.0 Å². The molecule has 180 valence electrons. The number of hydrogen-bond donors (Lipinski definition) is 2. The number of carbonyl (C=O) groups excluding carboxylic acids is 1. The summed E-state index contributed by atoms with van der Waals surface area (Å²) in [5.41, 5.74) is 2.15. The van der Waals surface area contributed by atoms with Crippen LogP contribution >= 0.6 is 11.6 Å². The van der Waals surface area contributed by atoms with Crippen LogP contribution in [0.2, 0.25) is 5.02 Å². The van der Waals surface area contributed by atoms with Gasteiger partial charge < -0.3 is 14.8 Å². The third kappa shape index (κ3) is 6.50. The number of ether oxygens (including phenoxy) is 2. The van der Waals surface area contributed by atoms with Crippen LogP contribution in [0.3, 0.4) is 0 Å². The van der Waals surface area contributed by atoms with Crippen molar-refractivity contribution in [2.45, 2.75) is 31.2 Å². The normalized spacial score (nSPS) is 12.1. The minimum Gasteiger partial charge on any atom is -0.495 e. The number of anilines is 1. The standard InChI is InChI=1S/C25H27ClN2O5S/c1-4-33-23-13-11-19(26)16-24(23)34(30,31)28-21(15-18-8-6-5-7-9-18)25(29)27-20-14-17(2)10-12-22(20)32-3/h5-14,16,21,28H,4,15H2,1-3H3,(H,27,29). The summed E-state index contributed by atoms with van der Waals surface area (Å²) in [5, 5.41) is 3.03. The van der Waals surface area contributed by atoms with Crippen LogP contribution in [0.1, 0.15) is 18.1 Å². The monoisotopic (exact) mass is 502 g/mol. The molecule has 0 aliphatic heterocycles. The molecule has 3 aromatic rings. The second-order valence-corrected chi connectivity index (χ2v) is 9.70. The van der Waals surface area contributed by atoms with Crippen molar-refractivity contribution in [3.63, 3.8) is 0 Å². The number of nitrogens with one attached hydrogen (secondary N) is 2. The van der Waals surface area contributed by atoms with Crippen LogP contribution in [0.25, 0.3) is 0 Å². The van der Waals surface area contributed by atoms with Gasteiger partial charge in [0, 0.05) is 5.02 Å². The lowest BCUT2D eigenvalue weighted by atomic mass is 10.1. The van der Waals surface area contributed by atoms with Crippen molar-refractivity contribution in [3.8, 4) is 11.5 Å². The molecule has 3 rings (SSSR count). The Balaban J connectivity index is 1.96. The molecule has 3 aromatic carbocycles. The number of aryl methyl sites for hydroxylation is 1. The van der Waals surface area contributed by atoms with E-state index in [0.29, 0.717) is 11.4 Å². The molecule has 2 N–H and O–H groups in total. The first-order valence-corrected chi connectivity index (χ1v) is 12.5. The lowest BCUT2D eigenvalue weighted by molar-refractivity contribution is -0.117. The van der Waals surface area contributed by atoms with Gasteiger partial charge in [0.2, 0.25) is 15.9 Å². The molecule has 0 aliphatic carbocycles. The molecular formula is C25H27ClN2O5S. The molecule has 0 radical (unpaired) electrons. The van der Waals surface area contributed by atoms with Crippen LogP contribution in [-0.4, -0.2) is 34.1 Å². The molecule has 0 spiro atoms. The summed E-state index contributed by atoms with van der Waals surface area (Å²) in [6, 6.07) is 17.7. The molecule has 0 bridgehead atoms. The van der Waals surface area contributed by atoms with Crippen LogP contribution in [0, 0.1) is 6.92 Å². The zero-order valence-electron chi connectivity index (χ0n) is 19.2. The van der Waals surface area contributed by atoms with Crippen molar-refractivity contribution < 1.29 is 22.7 Å². The maximum atomic E-state index is 13.4. The van der Waals surface area contributed by atoms with Crippen LogP contribution in [-0.2, 0) is 21.2 Å². The number of rotatable bonds is 10. The summed E-state index contributed by atoms with van der Waals surface area (Å²) in [6.45, 7) is 3.90. The highest BCUT2D eigenvalue weighted by Gasteiger charge is 2.29. The van der Waals surface area contributed by atoms with E-state index in [2.05, 4.69) is 10.0 Å². The summed E-state index contributed by atoms with van der Waals surface area (Å²) < 4.78 is 40.1. The molecule has 0 saturated carbocycles. The van der Waals surface area contributed by atoms with Gasteiger partial charge in [-0.2, -0.15) is 4.72 Å². The Labute approximate surface area is 205 Å². The summed E-state index contributed by atoms with van der Waals surface area (Å²) in [4.78, 5) is 13.2. The van der Waals surface area contributed by atoms with E-state index in [9.17, 15) is 13.2 Å². The first kappa shape index (κ1) is 25.6. The molecule has 0 aliphatic rings. The Bertz CT molecular complexity index is 1250. The van der Waals surface area contributed by atoms with Crippen LogP contribution in [0.5, 0.6) is 11.5 Å². The predicted molar refractivity (Wildman–Crippen MR) is 133 cm³/mol. The Morgan fingerprint density at radius 2 is 1.74 bits per heavy atom. The molecular weight excluding hydrogens is 476 g/mol. The highest BCUT2D eigenvalue weighted by atomic mass is 35.5. The zero-order valence-corrected chi connectivity index (χ0v) is 20.7. The number of hydrogen-bond acceptors (Lipinski definition) is 5. The summed E-state index contributed by atoms with van der Waals surface area (Å²) in [7, 11) is -2.67. The maximum Gasteiger partial charge on any atom is 0.245 e. The van der Waals surface area contributed by atoms with Crippen molar-refractivity contribution >= 4 is 33.2 Å². The average molecular weight is 503 g/mol. The minimum atomic E-state index is -4.17. The molecule has 34 heavy (non-hydrogen) atoms. The molecule has 0 fully saturated rings. The zero-order chi connectivity index (χ0) is 24.7. The predicted octanol–water partition coefficient (Wildman–Crippen LogP) is 4.58. The Morgan fingerprint density at radius 3 is 2.41 bits per heavy atom. The van der Waals surface area contributed by atoms with Crippen molar-refractivity contribution in [1.82, 2.24) is 4.72 Å². The average Bonchev–Trinajstić information content (AvgIpc) is 2.80. The van der Waals surface area contributed by atoms with E-state index in [4.69, 9.17) is 21.1 Å². The maximum absolute atomic E-state index is 13.4. The largest absolute Gasteiger partial charge is 0.495 e. The molecule has 0 aromatic heterocycles. The number of benzene rings is 3. The van der Waals surface area contributed by atoms with Crippen molar-refractivity contribution in [2.75, 3.05) is 19.0 Å². The van der Waals surface area contributed by atoms with Gasteiger partial charge in [-0.15, -0.1) is 0 Å². The molecule has 0 heterocycles. The lowest BCUT2D eigenvalue weighted by Gasteiger charge is -2.21. The van der Waals surface area contributed by atoms with E-state index in [-0.39, 0.29) is 28.7 Å². The van der Waals surface area contributed by atoms with E-state index in [1.54, 1.807) is 25.1 Å². The van der Waals surface area contributed by atoms with Gasteiger partial charge in [0.15, 0.2) is 0 Å². The number of sulfonamides is 1. The van der Waals surface area contributed by atoms with Gasteiger partial charge >= 0.3 is 0 Å². The number of methoxy groups -OCH3 is 1. The second-order valence-electron chi connectivity index (χ2n) is 7.58. The fourth-order valence-corrected chi connectivity index (χ4v) is 5.00. The van der Waals surface area contributed by atoms with Crippen LogP contribution in [0.15, 0.2) is 71.6 Å². The molecule has 1 amide bonds. The van der Waals surface area contributed by atoms with Gasteiger partial charge in [-0.25, -0.2) is 8.42 Å².